The summed E-state index contributed by atoms with van der Waals surface area (Å²) in [4.78, 5) is 37.4. The van der Waals surface area contributed by atoms with E-state index in [0.717, 1.165) is 16.7 Å². The molecule has 1 N–H and O–H groups in total. The second-order valence-corrected chi connectivity index (χ2v) is 9.67. The Hall–Kier alpha value is -5.09. The molecule has 0 bridgehead atoms. The van der Waals surface area contributed by atoms with Gasteiger partial charge in [-0.2, -0.15) is 4.98 Å². The molecule has 3 aromatic carbocycles. The molecule has 11 heteroatoms. The highest BCUT2D eigenvalue weighted by Crippen LogP contribution is 2.29. The van der Waals surface area contributed by atoms with Crippen LogP contribution in [0.5, 0.6) is 6.01 Å². The van der Waals surface area contributed by atoms with E-state index >= 15 is 0 Å². The number of ether oxygens (including phenoxy) is 1. The number of aromatic amines is 1. The Morgan fingerprint density at radius 3 is 2.12 bits per heavy atom. The molecule has 3 heterocycles. The van der Waals surface area contributed by atoms with Gasteiger partial charge in [0.2, 0.25) is 0 Å². The van der Waals surface area contributed by atoms with Crippen LogP contribution >= 0.6 is 11.6 Å². The van der Waals surface area contributed by atoms with E-state index in [-0.39, 0.29) is 30.3 Å². The molecule has 0 atom stereocenters. The largest absolute Gasteiger partial charge is 0.454 e. The van der Waals surface area contributed by atoms with Crippen molar-refractivity contribution in [3.05, 3.63) is 122 Å². The van der Waals surface area contributed by atoms with E-state index in [1.807, 2.05) is 79.7 Å². The average molecular weight is 566 g/mol. The lowest BCUT2D eigenvalue weighted by atomic mass is 10.0. The number of hydrogen-bond acceptors (Lipinski definition) is 7. The molecule has 0 fully saturated rings. The number of aryl methyl sites for hydroxylation is 1. The van der Waals surface area contributed by atoms with Crippen molar-refractivity contribution >= 4 is 22.8 Å². The average Bonchev–Trinajstić information content (AvgIpc) is 3.39. The molecule has 0 unspecified atom stereocenters. The zero-order valence-corrected chi connectivity index (χ0v) is 22.7. The molecule has 0 saturated carbocycles. The summed E-state index contributed by atoms with van der Waals surface area (Å²) in [6.07, 6.45) is 0. The van der Waals surface area contributed by atoms with Crippen LogP contribution in [0.25, 0.3) is 33.7 Å². The number of fused-ring (bicyclic) bond motifs is 1. The molecule has 0 aliphatic carbocycles. The molecule has 41 heavy (non-hydrogen) atoms. The monoisotopic (exact) mass is 565 g/mol. The SMILES string of the molecule is CCn1c(COc2nnc(-c3ccccc3)c(-c3ccccc3)n2)nc2c1c(=O)[nH]c(=O)n2Cc1ccc(Cl)cc1. The zero-order chi connectivity index (χ0) is 28.3. The number of aromatic nitrogens is 7. The fourth-order valence-electron chi connectivity index (χ4n) is 4.68. The fourth-order valence-corrected chi connectivity index (χ4v) is 4.80. The third kappa shape index (κ3) is 5.24. The molecule has 3 aromatic heterocycles. The summed E-state index contributed by atoms with van der Waals surface area (Å²) < 4.78 is 9.12. The maximum absolute atomic E-state index is 12.9. The predicted molar refractivity (Wildman–Crippen MR) is 156 cm³/mol. The Balaban J connectivity index is 1.37. The molecule has 6 rings (SSSR count). The van der Waals surface area contributed by atoms with E-state index < -0.39 is 11.2 Å². The number of H-pyrrole nitrogens is 1. The van der Waals surface area contributed by atoms with Crippen LogP contribution in [0.15, 0.2) is 94.5 Å². The van der Waals surface area contributed by atoms with Crippen LogP contribution < -0.4 is 16.0 Å². The second kappa shape index (κ2) is 11.2. The van der Waals surface area contributed by atoms with Gasteiger partial charge in [0.05, 0.1) is 6.54 Å². The van der Waals surface area contributed by atoms with Gasteiger partial charge in [0, 0.05) is 22.7 Å². The van der Waals surface area contributed by atoms with Gasteiger partial charge in [-0.3, -0.25) is 14.3 Å². The third-order valence-electron chi connectivity index (χ3n) is 6.63. The highest BCUT2D eigenvalue weighted by atomic mass is 35.5. The summed E-state index contributed by atoms with van der Waals surface area (Å²) in [5.41, 5.74) is 3.30. The first-order valence-corrected chi connectivity index (χ1v) is 13.3. The van der Waals surface area contributed by atoms with Crippen LogP contribution in [0.2, 0.25) is 5.02 Å². The number of hydrogen-bond donors (Lipinski definition) is 1. The first-order chi connectivity index (χ1) is 20.0. The molecule has 0 radical (unpaired) electrons. The number of benzene rings is 3. The van der Waals surface area contributed by atoms with Gasteiger partial charge in [-0.05, 0) is 24.6 Å². The van der Waals surface area contributed by atoms with Gasteiger partial charge in [-0.25, -0.2) is 9.78 Å². The lowest BCUT2D eigenvalue weighted by molar-refractivity contribution is 0.264. The molecule has 0 aliphatic heterocycles. The molecular formula is C30H24ClN7O3. The summed E-state index contributed by atoms with van der Waals surface area (Å²) in [6, 6.07) is 26.6. The van der Waals surface area contributed by atoms with Crippen LogP contribution in [0.1, 0.15) is 18.3 Å². The van der Waals surface area contributed by atoms with Crippen LogP contribution in [0.4, 0.5) is 0 Å². The highest BCUT2D eigenvalue weighted by Gasteiger charge is 2.20. The number of nitrogens with zero attached hydrogens (tertiary/aromatic N) is 6. The Morgan fingerprint density at radius 2 is 1.46 bits per heavy atom. The molecule has 0 aliphatic rings. The van der Waals surface area contributed by atoms with E-state index in [9.17, 15) is 9.59 Å². The Morgan fingerprint density at radius 1 is 0.805 bits per heavy atom. The van der Waals surface area contributed by atoms with Crippen molar-refractivity contribution in [2.75, 3.05) is 0 Å². The topological polar surface area (TPSA) is 121 Å². The highest BCUT2D eigenvalue weighted by molar-refractivity contribution is 6.30. The van der Waals surface area contributed by atoms with Crippen molar-refractivity contribution in [1.29, 1.82) is 0 Å². The van der Waals surface area contributed by atoms with Crippen molar-refractivity contribution in [2.45, 2.75) is 26.6 Å². The number of halogens is 1. The van der Waals surface area contributed by atoms with E-state index in [1.54, 1.807) is 16.7 Å². The molecule has 0 amide bonds. The van der Waals surface area contributed by atoms with Crippen molar-refractivity contribution in [3.63, 3.8) is 0 Å². The van der Waals surface area contributed by atoms with Crippen LogP contribution in [-0.4, -0.2) is 34.3 Å². The van der Waals surface area contributed by atoms with Crippen molar-refractivity contribution in [2.24, 2.45) is 0 Å². The van der Waals surface area contributed by atoms with Gasteiger partial charge in [-0.15, -0.1) is 5.10 Å². The maximum atomic E-state index is 12.9. The Labute approximate surface area is 238 Å². The summed E-state index contributed by atoms with van der Waals surface area (Å²) >= 11 is 6.01. The van der Waals surface area contributed by atoms with Crippen LogP contribution in [0, 0.1) is 0 Å². The van der Waals surface area contributed by atoms with E-state index in [1.165, 1.54) is 4.57 Å². The standard InChI is InChI=1S/C30H24ClN7O3/c1-2-37-23(32-27-26(37)28(39)34-30(40)38(27)17-19-13-15-22(31)16-14-19)18-41-29-33-24(20-9-5-3-6-10-20)25(35-36-29)21-11-7-4-8-12-21/h3-16H,2,17-18H2,1H3,(H,34,39,40). The Kier molecular flexibility index (Phi) is 7.13. The van der Waals surface area contributed by atoms with Gasteiger partial charge < -0.3 is 9.30 Å². The zero-order valence-electron chi connectivity index (χ0n) is 22.0. The fraction of sp³-hybridized carbons (Fsp3) is 0.133. The van der Waals surface area contributed by atoms with E-state index in [2.05, 4.69) is 25.1 Å². The second-order valence-electron chi connectivity index (χ2n) is 9.23. The lowest BCUT2D eigenvalue weighted by Crippen LogP contribution is -2.31. The summed E-state index contributed by atoms with van der Waals surface area (Å²) in [5, 5.41) is 9.25. The third-order valence-corrected chi connectivity index (χ3v) is 6.88. The molecule has 0 spiro atoms. The molecule has 204 valence electrons. The Bertz CT molecular complexity index is 1950. The first-order valence-electron chi connectivity index (χ1n) is 13.0. The van der Waals surface area contributed by atoms with Gasteiger partial charge in [-0.1, -0.05) is 89.5 Å². The quantitative estimate of drug-likeness (QED) is 0.284. The van der Waals surface area contributed by atoms with Crippen molar-refractivity contribution in [1.82, 2.24) is 34.3 Å². The van der Waals surface area contributed by atoms with Gasteiger partial charge in [0.1, 0.15) is 23.8 Å². The molecule has 10 nitrogen and oxygen atoms in total. The molecule has 6 aromatic rings. The number of imidazole rings is 1. The van der Waals surface area contributed by atoms with Gasteiger partial charge in [0.25, 0.3) is 5.56 Å². The van der Waals surface area contributed by atoms with Crippen molar-refractivity contribution in [3.8, 4) is 28.5 Å². The maximum Gasteiger partial charge on any atom is 0.336 e. The van der Waals surface area contributed by atoms with Gasteiger partial charge >= 0.3 is 11.7 Å². The lowest BCUT2D eigenvalue weighted by Gasteiger charge is -2.10. The minimum atomic E-state index is -0.554. The molecule has 0 saturated heterocycles. The minimum absolute atomic E-state index is 0.0440. The van der Waals surface area contributed by atoms with E-state index in [4.69, 9.17) is 16.3 Å². The smallest absolute Gasteiger partial charge is 0.336 e. The number of rotatable bonds is 8. The predicted octanol–water partition coefficient (Wildman–Crippen LogP) is 4.71. The summed E-state index contributed by atoms with van der Waals surface area (Å²) in [6.45, 7) is 2.48. The van der Waals surface area contributed by atoms with Crippen LogP contribution in [0.3, 0.4) is 0 Å². The van der Waals surface area contributed by atoms with E-state index in [0.29, 0.717) is 28.8 Å². The summed E-state index contributed by atoms with van der Waals surface area (Å²) in [5.74, 6) is 0.445. The first kappa shape index (κ1) is 26.1. The van der Waals surface area contributed by atoms with Gasteiger partial charge in [0.15, 0.2) is 11.2 Å². The molecular weight excluding hydrogens is 542 g/mol. The van der Waals surface area contributed by atoms with Crippen LogP contribution in [-0.2, 0) is 19.7 Å². The van der Waals surface area contributed by atoms with Crippen molar-refractivity contribution < 1.29 is 4.74 Å². The minimum Gasteiger partial charge on any atom is -0.454 e. The normalized spacial score (nSPS) is 11.2. The summed E-state index contributed by atoms with van der Waals surface area (Å²) in [7, 11) is 0. The number of nitrogens with one attached hydrogen (secondary N) is 1.